The average molecular weight is 581 g/mol. The van der Waals surface area contributed by atoms with Crippen LogP contribution in [-0.2, 0) is 39.6 Å². The second kappa shape index (κ2) is 12.6. The Hall–Kier alpha value is -4.12. The molecule has 4 aromatic rings. The molecule has 0 aliphatic carbocycles. The molecule has 11 heteroatoms. The third-order valence-electron chi connectivity index (χ3n) is 6.61. The number of aryl methyl sites for hydroxylation is 2. The Kier molecular flexibility index (Phi) is 9.17. The first-order chi connectivity index (χ1) is 19.6. The molecule has 0 spiro atoms. The summed E-state index contributed by atoms with van der Waals surface area (Å²) in [4.78, 5) is 33.6. The van der Waals surface area contributed by atoms with Crippen molar-refractivity contribution in [2.24, 2.45) is 13.0 Å². The molecule has 2 aromatic heterocycles. The Morgan fingerprint density at radius 2 is 1.85 bits per heavy atom. The van der Waals surface area contributed by atoms with Crippen molar-refractivity contribution in [1.82, 2.24) is 14.5 Å². The maximum atomic E-state index is 13.5. The van der Waals surface area contributed by atoms with Gasteiger partial charge < -0.3 is 19.0 Å². The van der Waals surface area contributed by atoms with Gasteiger partial charge in [0.05, 0.1) is 17.7 Å². The summed E-state index contributed by atoms with van der Waals surface area (Å²) in [5.41, 5.74) is 3.03. The Bertz CT molecular complexity index is 1690. The number of carbonyl (C=O) groups excluding carboxylic acids is 1. The highest BCUT2D eigenvalue weighted by atomic mass is 32.2. The fraction of sp³-hybridized carbons (Fsp3) is 0.367. The minimum absolute atomic E-state index is 0.0351. The lowest BCUT2D eigenvalue weighted by Gasteiger charge is -2.21. The SMILES string of the molecule is CCCc1cn(C)c2c(=O)[nH]c(-c3cc(NS(=O)(=O)[C@H](C(=O)OCc4ccccc4)C(C)C)ccc3OCC)nc12. The van der Waals surface area contributed by atoms with E-state index in [0.717, 1.165) is 24.0 Å². The highest BCUT2D eigenvalue weighted by molar-refractivity contribution is 7.94. The maximum absolute atomic E-state index is 13.5. The largest absolute Gasteiger partial charge is 0.493 e. The average Bonchev–Trinajstić information content (AvgIpc) is 3.24. The molecule has 1 atom stereocenters. The van der Waals surface area contributed by atoms with E-state index < -0.39 is 27.2 Å². The molecule has 0 saturated heterocycles. The van der Waals surface area contributed by atoms with Crippen molar-refractivity contribution in [1.29, 1.82) is 0 Å². The summed E-state index contributed by atoms with van der Waals surface area (Å²) >= 11 is 0. The van der Waals surface area contributed by atoms with Crippen molar-refractivity contribution in [2.45, 2.75) is 52.4 Å². The van der Waals surface area contributed by atoms with Crippen molar-refractivity contribution in [2.75, 3.05) is 11.3 Å². The summed E-state index contributed by atoms with van der Waals surface area (Å²) in [6.45, 7) is 7.48. The highest BCUT2D eigenvalue weighted by Gasteiger charge is 2.37. The first-order valence-corrected chi connectivity index (χ1v) is 15.2. The van der Waals surface area contributed by atoms with Gasteiger partial charge in [0.2, 0.25) is 10.0 Å². The van der Waals surface area contributed by atoms with Crippen LogP contribution in [0.25, 0.3) is 22.4 Å². The van der Waals surface area contributed by atoms with E-state index in [1.807, 2.05) is 31.3 Å². The van der Waals surface area contributed by atoms with Crippen LogP contribution in [-0.4, -0.2) is 40.8 Å². The molecule has 2 aromatic carbocycles. The lowest BCUT2D eigenvalue weighted by Crippen LogP contribution is -2.40. The number of aromatic nitrogens is 3. The molecule has 4 rings (SSSR count). The molecule has 0 radical (unpaired) electrons. The Balaban J connectivity index is 1.69. The minimum atomic E-state index is -4.22. The van der Waals surface area contributed by atoms with Gasteiger partial charge in [-0.25, -0.2) is 13.4 Å². The summed E-state index contributed by atoms with van der Waals surface area (Å²) in [7, 11) is -2.42. The van der Waals surface area contributed by atoms with Crippen LogP contribution >= 0.6 is 0 Å². The molecule has 0 fully saturated rings. The number of sulfonamides is 1. The fourth-order valence-corrected chi connectivity index (χ4v) is 6.43. The van der Waals surface area contributed by atoms with E-state index in [1.54, 1.807) is 55.8 Å². The van der Waals surface area contributed by atoms with Crippen molar-refractivity contribution in [3.63, 3.8) is 0 Å². The minimum Gasteiger partial charge on any atom is -0.493 e. The number of nitrogens with zero attached hydrogens (tertiary/aromatic N) is 2. The molecule has 0 unspecified atom stereocenters. The number of anilines is 1. The van der Waals surface area contributed by atoms with Crippen LogP contribution < -0.4 is 15.0 Å². The van der Waals surface area contributed by atoms with Gasteiger partial charge in [-0.3, -0.25) is 14.3 Å². The van der Waals surface area contributed by atoms with Gasteiger partial charge in [0.15, 0.2) is 5.25 Å². The van der Waals surface area contributed by atoms with E-state index in [-0.39, 0.29) is 23.7 Å². The summed E-state index contributed by atoms with van der Waals surface area (Å²) in [5.74, 6) is -0.730. The first-order valence-electron chi connectivity index (χ1n) is 13.6. The number of fused-ring (bicyclic) bond motifs is 1. The van der Waals surface area contributed by atoms with Crippen molar-refractivity contribution < 1.29 is 22.7 Å². The smallest absolute Gasteiger partial charge is 0.326 e. The Morgan fingerprint density at radius 1 is 1.12 bits per heavy atom. The van der Waals surface area contributed by atoms with Gasteiger partial charge in [-0.1, -0.05) is 57.5 Å². The molecule has 0 amide bonds. The van der Waals surface area contributed by atoms with Gasteiger partial charge in [0.1, 0.15) is 23.7 Å². The molecule has 0 saturated carbocycles. The van der Waals surface area contributed by atoms with Gasteiger partial charge in [0.25, 0.3) is 5.56 Å². The number of H-pyrrole nitrogens is 1. The lowest BCUT2D eigenvalue weighted by atomic mass is 10.1. The van der Waals surface area contributed by atoms with E-state index in [9.17, 15) is 18.0 Å². The maximum Gasteiger partial charge on any atom is 0.326 e. The number of benzene rings is 2. The molecule has 2 heterocycles. The van der Waals surface area contributed by atoms with Gasteiger partial charge in [-0.2, -0.15) is 0 Å². The van der Waals surface area contributed by atoms with E-state index in [2.05, 4.69) is 16.6 Å². The quantitative estimate of drug-likeness (QED) is 0.230. The van der Waals surface area contributed by atoms with E-state index in [0.29, 0.717) is 29.0 Å². The van der Waals surface area contributed by atoms with E-state index in [1.165, 1.54) is 0 Å². The molecule has 0 aliphatic rings. The second-order valence-corrected chi connectivity index (χ2v) is 12.0. The van der Waals surface area contributed by atoms with E-state index in [4.69, 9.17) is 14.5 Å². The van der Waals surface area contributed by atoms with Crippen LogP contribution in [0.3, 0.4) is 0 Å². The summed E-state index contributed by atoms with van der Waals surface area (Å²) in [5, 5.41) is -1.45. The Morgan fingerprint density at radius 3 is 2.51 bits per heavy atom. The van der Waals surface area contributed by atoms with Crippen LogP contribution in [0.2, 0.25) is 0 Å². The molecule has 41 heavy (non-hydrogen) atoms. The number of esters is 1. The van der Waals surface area contributed by atoms with Gasteiger partial charge in [0, 0.05) is 18.9 Å². The molecule has 0 aliphatic heterocycles. The number of ether oxygens (including phenoxy) is 2. The van der Waals surface area contributed by atoms with Crippen LogP contribution in [0, 0.1) is 5.92 Å². The number of aromatic amines is 1. The molecular formula is C30H36N4O6S. The van der Waals surface area contributed by atoms with Gasteiger partial charge in [-0.15, -0.1) is 0 Å². The second-order valence-electron chi connectivity index (χ2n) is 10.2. The Labute approximate surface area is 239 Å². The van der Waals surface area contributed by atoms with E-state index >= 15 is 0 Å². The topological polar surface area (TPSA) is 132 Å². The molecule has 0 bridgehead atoms. The van der Waals surface area contributed by atoms with Crippen LogP contribution in [0.1, 0.15) is 45.2 Å². The zero-order chi connectivity index (χ0) is 29.7. The number of hydrogen-bond acceptors (Lipinski definition) is 7. The van der Waals surface area contributed by atoms with Crippen LogP contribution in [0.15, 0.2) is 59.5 Å². The van der Waals surface area contributed by atoms with Crippen LogP contribution in [0.5, 0.6) is 5.75 Å². The predicted molar refractivity (Wildman–Crippen MR) is 159 cm³/mol. The molecule has 10 nitrogen and oxygen atoms in total. The normalized spacial score (nSPS) is 12.4. The number of nitrogens with one attached hydrogen (secondary N) is 2. The zero-order valence-corrected chi connectivity index (χ0v) is 24.7. The number of hydrogen-bond donors (Lipinski definition) is 2. The van der Waals surface area contributed by atoms with Crippen molar-refractivity contribution in [3.8, 4) is 17.1 Å². The monoisotopic (exact) mass is 580 g/mol. The predicted octanol–water partition coefficient (Wildman–Crippen LogP) is 4.79. The molecular weight excluding hydrogens is 544 g/mol. The van der Waals surface area contributed by atoms with Crippen molar-refractivity contribution in [3.05, 3.63) is 76.2 Å². The third-order valence-corrected chi connectivity index (χ3v) is 8.54. The summed E-state index contributed by atoms with van der Waals surface area (Å²) < 4.78 is 42.4. The first kappa shape index (κ1) is 29.9. The number of rotatable bonds is 12. The van der Waals surface area contributed by atoms with Gasteiger partial charge in [-0.05, 0) is 48.6 Å². The summed E-state index contributed by atoms with van der Waals surface area (Å²) in [6.07, 6.45) is 3.54. The lowest BCUT2D eigenvalue weighted by molar-refractivity contribution is -0.145. The standard InChI is InChI=1S/C30H36N4O6S/c1-6-11-21-17-34(5)26-25(21)31-28(32-29(26)35)23-16-22(14-15-24(23)39-7-2)33-41(37,38)27(19(3)4)30(36)40-18-20-12-9-8-10-13-20/h8-10,12-17,19,27,33H,6-7,11,18H2,1-5H3,(H,31,32,35)/t27-/m0/s1. The molecule has 218 valence electrons. The summed E-state index contributed by atoms with van der Waals surface area (Å²) in [6, 6.07) is 13.7. The highest BCUT2D eigenvalue weighted by Crippen LogP contribution is 2.32. The van der Waals surface area contributed by atoms with Crippen molar-refractivity contribution >= 4 is 32.7 Å². The van der Waals surface area contributed by atoms with Crippen LogP contribution in [0.4, 0.5) is 5.69 Å². The fourth-order valence-electron chi connectivity index (χ4n) is 4.81. The third kappa shape index (κ3) is 6.62. The number of carbonyl (C=O) groups is 1. The molecule has 2 N–H and O–H groups in total. The zero-order valence-electron chi connectivity index (χ0n) is 23.9. The van der Waals surface area contributed by atoms with Gasteiger partial charge >= 0.3 is 5.97 Å².